The Morgan fingerprint density at radius 2 is 1.35 bits per heavy atom. The minimum absolute atomic E-state index is 0.140. The van der Waals surface area contributed by atoms with E-state index in [1.165, 1.54) is 41.3 Å². The van der Waals surface area contributed by atoms with Crippen molar-refractivity contribution in [3.8, 4) is 0 Å². The molecule has 0 saturated heterocycles. The fourth-order valence-electron chi connectivity index (χ4n) is 3.07. The minimum Gasteiger partial charge on any atom is -0.338 e. The molecule has 3 aromatic rings. The Kier molecular flexibility index (Phi) is 7.83. The normalized spacial score (nSPS) is 11.1. The molecule has 0 fully saturated rings. The summed E-state index contributed by atoms with van der Waals surface area (Å²) in [5.41, 5.74) is 0.0127. The topological polar surface area (TPSA) is 61.4 Å². The highest BCUT2D eigenvalue weighted by molar-refractivity contribution is 6.06. The van der Waals surface area contributed by atoms with E-state index >= 15 is 0 Å². The number of nitrogens with one attached hydrogen (secondary N) is 2. The Labute approximate surface area is 192 Å². The van der Waals surface area contributed by atoms with Crippen molar-refractivity contribution in [3.05, 3.63) is 95.6 Å². The number of rotatable bonds is 7. The lowest BCUT2D eigenvalue weighted by atomic mass is 10.1. The van der Waals surface area contributed by atoms with Gasteiger partial charge in [0.2, 0.25) is 0 Å². The number of benzene rings is 3. The number of anilines is 2. The number of carbonyl (C=O) groups excluding carboxylic acids is 2. The van der Waals surface area contributed by atoms with Crippen LogP contribution < -0.4 is 15.5 Å². The van der Waals surface area contributed by atoms with Gasteiger partial charge in [-0.2, -0.15) is 13.2 Å². The molecule has 3 rings (SSSR count). The summed E-state index contributed by atoms with van der Waals surface area (Å²) in [6.45, 7) is 0.295. The molecule has 3 aromatic carbocycles. The Morgan fingerprint density at radius 3 is 1.91 bits per heavy atom. The van der Waals surface area contributed by atoms with Crippen LogP contribution >= 0.6 is 0 Å². The molecule has 0 aliphatic rings. The van der Waals surface area contributed by atoms with Gasteiger partial charge in [0.05, 0.1) is 5.56 Å². The van der Waals surface area contributed by atoms with Crippen LogP contribution in [0.5, 0.6) is 0 Å². The van der Waals surface area contributed by atoms with Gasteiger partial charge < -0.3 is 15.5 Å². The van der Waals surface area contributed by atoms with Gasteiger partial charge in [-0.1, -0.05) is 0 Å². The van der Waals surface area contributed by atoms with Crippen LogP contribution in [0.2, 0.25) is 0 Å². The van der Waals surface area contributed by atoms with E-state index in [4.69, 9.17) is 0 Å². The molecule has 0 bridgehead atoms. The van der Waals surface area contributed by atoms with E-state index in [0.717, 1.165) is 36.4 Å². The SMILES string of the molecule is O=C(NCCCN(C(=O)c1ccc(F)cc1)c1ccc(F)cc1)Nc1ccc(C(F)(F)F)cc1. The molecule has 10 heteroatoms. The molecule has 2 N–H and O–H groups in total. The van der Waals surface area contributed by atoms with Crippen molar-refractivity contribution in [2.75, 3.05) is 23.3 Å². The van der Waals surface area contributed by atoms with Crippen LogP contribution in [-0.4, -0.2) is 25.0 Å². The third-order valence-corrected chi connectivity index (χ3v) is 4.79. The molecule has 0 aromatic heterocycles. The van der Waals surface area contributed by atoms with Gasteiger partial charge in [0.1, 0.15) is 11.6 Å². The molecule has 0 saturated carbocycles. The molecule has 34 heavy (non-hydrogen) atoms. The van der Waals surface area contributed by atoms with E-state index in [0.29, 0.717) is 12.1 Å². The zero-order valence-corrected chi connectivity index (χ0v) is 17.7. The smallest absolute Gasteiger partial charge is 0.338 e. The maximum Gasteiger partial charge on any atom is 0.416 e. The molecule has 0 spiro atoms. The summed E-state index contributed by atoms with van der Waals surface area (Å²) in [4.78, 5) is 26.3. The minimum atomic E-state index is -4.47. The van der Waals surface area contributed by atoms with Gasteiger partial charge in [-0.05, 0) is 79.2 Å². The second-order valence-corrected chi connectivity index (χ2v) is 7.25. The predicted molar refractivity (Wildman–Crippen MR) is 118 cm³/mol. The molecule has 0 heterocycles. The van der Waals surface area contributed by atoms with E-state index in [-0.39, 0.29) is 24.3 Å². The van der Waals surface area contributed by atoms with E-state index in [2.05, 4.69) is 10.6 Å². The molecule has 0 radical (unpaired) electrons. The molecular weight excluding hydrogens is 457 g/mol. The van der Waals surface area contributed by atoms with Gasteiger partial charge in [-0.3, -0.25) is 4.79 Å². The average molecular weight is 477 g/mol. The summed E-state index contributed by atoms with van der Waals surface area (Å²) in [5, 5.41) is 4.98. The first-order valence-electron chi connectivity index (χ1n) is 10.2. The van der Waals surface area contributed by atoms with Gasteiger partial charge in [0, 0.05) is 30.0 Å². The fourth-order valence-corrected chi connectivity index (χ4v) is 3.07. The van der Waals surface area contributed by atoms with Crippen molar-refractivity contribution in [2.45, 2.75) is 12.6 Å². The van der Waals surface area contributed by atoms with Crippen LogP contribution in [0.3, 0.4) is 0 Å². The Hall–Kier alpha value is -3.95. The van der Waals surface area contributed by atoms with E-state index < -0.39 is 35.3 Å². The van der Waals surface area contributed by atoms with Crippen LogP contribution in [-0.2, 0) is 6.18 Å². The number of amides is 3. The Morgan fingerprint density at radius 1 is 0.794 bits per heavy atom. The molecule has 0 aliphatic heterocycles. The lowest BCUT2D eigenvalue weighted by molar-refractivity contribution is -0.137. The lowest BCUT2D eigenvalue weighted by Gasteiger charge is -2.23. The third-order valence-electron chi connectivity index (χ3n) is 4.79. The summed E-state index contributed by atoms with van der Waals surface area (Å²) in [5.74, 6) is -1.39. The molecule has 0 unspecified atom stereocenters. The second kappa shape index (κ2) is 10.8. The van der Waals surface area contributed by atoms with Crippen molar-refractivity contribution in [1.82, 2.24) is 5.32 Å². The lowest BCUT2D eigenvalue weighted by Crippen LogP contribution is -2.35. The van der Waals surface area contributed by atoms with Crippen molar-refractivity contribution in [2.24, 2.45) is 0 Å². The third kappa shape index (κ3) is 6.77. The number of hydrogen-bond acceptors (Lipinski definition) is 2. The van der Waals surface area contributed by atoms with Gasteiger partial charge in [-0.25, -0.2) is 13.6 Å². The first-order valence-corrected chi connectivity index (χ1v) is 10.2. The molecular formula is C24H20F5N3O2. The first-order chi connectivity index (χ1) is 16.1. The second-order valence-electron chi connectivity index (χ2n) is 7.25. The van der Waals surface area contributed by atoms with E-state index in [1.807, 2.05) is 0 Å². The van der Waals surface area contributed by atoms with Crippen LogP contribution in [0.4, 0.5) is 38.1 Å². The van der Waals surface area contributed by atoms with E-state index in [9.17, 15) is 31.5 Å². The summed E-state index contributed by atoms with van der Waals surface area (Å²) >= 11 is 0. The largest absolute Gasteiger partial charge is 0.416 e. The predicted octanol–water partition coefficient (Wildman–Crippen LogP) is 5.84. The fraction of sp³-hybridized carbons (Fsp3) is 0.167. The molecule has 0 aliphatic carbocycles. The van der Waals surface area contributed by atoms with Crippen molar-refractivity contribution >= 4 is 23.3 Å². The van der Waals surface area contributed by atoms with Crippen molar-refractivity contribution < 1.29 is 31.5 Å². The summed E-state index contributed by atoms with van der Waals surface area (Å²) in [7, 11) is 0. The van der Waals surface area contributed by atoms with Gasteiger partial charge in [-0.15, -0.1) is 0 Å². The highest BCUT2D eigenvalue weighted by Crippen LogP contribution is 2.29. The Balaban J connectivity index is 1.57. The van der Waals surface area contributed by atoms with Crippen LogP contribution in [0.15, 0.2) is 72.8 Å². The average Bonchev–Trinajstić information content (AvgIpc) is 2.80. The zero-order chi connectivity index (χ0) is 24.7. The highest BCUT2D eigenvalue weighted by atomic mass is 19.4. The number of hydrogen-bond donors (Lipinski definition) is 2. The summed E-state index contributed by atoms with van der Waals surface area (Å²) in [6, 6.07) is 13.6. The molecule has 5 nitrogen and oxygen atoms in total. The van der Waals surface area contributed by atoms with Crippen molar-refractivity contribution in [1.29, 1.82) is 0 Å². The van der Waals surface area contributed by atoms with Gasteiger partial charge >= 0.3 is 12.2 Å². The molecule has 0 atom stereocenters. The maximum atomic E-state index is 13.3. The number of carbonyl (C=O) groups is 2. The maximum absolute atomic E-state index is 13.3. The van der Waals surface area contributed by atoms with Crippen LogP contribution in [0, 0.1) is 11.6 Å². The standard InChI is InChI=1S/C24H20F5N3O2/c25-18-6-2-16(3-7-18)22(33)32(21-12-8-19(26)9-13-21)15-1-14-30-23(34)31-20-10-4-17(5-11-20)24(27,28)29/h2-13H,1,14-15H2,(H2,30,31,34). The Bertz CT molecular complexity index is 1120. The zero-order valence-electron chi connectivity index (χ0n) is 17.7. The van der Waals surface area contributed by atoms with Crippen LogP contribution in [0.1, 0.15) is 22.3 Å². The van der Waals surface area contributed by atoms with Crippen LogP contribution in [0.25, 0.3) is 0 Å². The van der Waals surface area contributed by atoms with Gasteiger partial charge in [0.15, 0.2) is 0 Å². The summed E-state index contributed by atoms with van der Waals surface area (Å²) < 4.78 is 64.4. The monoisotopic (exact) mass is 477 g/mol. The van der Waals surface area contributed by atoms with Gasteiger partial charge in [0.25, 0.3) is 5.91 Å². The van der Waals surface area contributed by atoms with E-state index in [1.54, 1.807) is 0 Å². The molecule has 3 amide bonds. The van der Waals surface area contributed by atoms with Crippen molar-refractivity contribution in [3.63, 3.8) is 0 Å². The first kappa shape index (κ1) is 24.7. The highest BCUT2D eigenvalue weighted by Gasteiger charge is 2.30. The number of alkyl halides is 3. The quantitative estimate of drug-likeness (QED) is 0.332. The number of nitrogens with zero attached hydrogens (tertiary/aromatic N) is 1. The molecule has 178 valence electrons. The summed E-state index contributed by atoms with van der Waals surface area (Å²) in [6.07, 6.45) is -4.16. The number of halogens is 5. The number of urea groups is 1.